The van der Waals surface area contributed by atoms with Crippen LogP contribution in [0.4, 0.5) is 0 Å². The Kier molecular flexibility index (Phi) is 24.6. The van der Waals surface area contributed by atoms with E-state index in [0.717, 1.165) is 0 Å². The molecule has 326 valence electrons. The smallest absolute Gasteiger partial charge is 0.322 e. The van der Waals surface area contributed by atoms with Crippen LogP contribution >= 0.6 is 0 Å². The Morgan fingerprint density at radius 1 is 0.655 bits per heavy atom. The lowest BCUT2D eigenvalue weighted by molar-refractivity contribution is -0.138. The highest BCUT2D eigenvalue weighted by molar-refractivity contribution is 5.96. The molecule has 19 heteroatoms. The Labute approximate surface area is 341 Å². The van der Waals surface area contributed by atoms with Crippen LogP contribution in [0.2, 0.25) is 0 Å². The normalized spacial score (nSPS) is 13.6. The van der Waals surface area contributed by atoms with E-state index in [1.54, 1.807) is 44.2 Å². The molecular formula is C39H67N11O8. The number of nitrogens with two attached hydrogens (primary N) is 4. The molecule has 19 nitrogen and oxygen atoms in total. The van der Waals surface area contributed by atoms with Gasteiger partial charge in [0, 0.05) is 25.4 Å². The first-order valence-electron chi connectivity index (χ1n) is 20.0. The molecule has 1 aromatic carbocycles. The maximum absolute atomic E-state index is 13.9. The summed E-state index contributed by atoms with van der Waals surface area (Å²) in [5.41, 5.74) is 23.5. The number of guanidine groups is 1. The zero-order valence-electron chi connectivity index (χ0n) is 34.4. The van der Waals surface area contributed by atoms with E-state index in [-0.39, 0.29) is 55.9 Å². The van der Waals surface area contributed by atoms with Crippen molar-refractivity contribution in [3.63, 3.8) is 0 Å². The summed E-state index contributed by atoms with van der Waals surface area (Å²) >= 11 is 0. The average molecular weight is 818 g/mol. The largest absolute Gasteiger partial charge is 0.480 e. The maximum Gasteiger partial charge on any atom is 0.322 e. The number of amides is 6. The molecule has 5 atom stereocenters. The van der Waals surface area contributed by atoms with Crippen molar-refractivity contribution >= 4 is 47.4 Å². The summed E-state index contributed by atoms with van der Waals surface area (Å²) in [7, 11) is 0. The Balaban J connectivity index is 3.22. The summed E-state index contributed by atoms with van der Waals surface area (Å²) in [5, 5.41) is 25.1. The standard InChI is InChI=1S/C39H67N11O8/c1-24(2)21-30(38(58)50-31(35(55)46-23-32(51)52)22-26-13-6-5-7-14-26)49-37(57)28(16-8-10-18-40)48-36(56)29(17-12-20-45-39(42)43)47-34(54)27(41)15-9-11-19-44-33(53)25(3)4/h5-7,13-14,24-25,27-31H,8-12,15-23,40-41H2,1-4H3,(H,44,53)(H,46,55)(H,47,54)(H,48,56)(H,49,57)(H,50,58)(H,51,52)(H4,42,43,45)/t27-,28-,29-,30-,31-/m0/s1. The van der Waals surface area contributed by atoms with E-state index in [0.29, 0.717) is 57.2 Å². The van der Waals surface area contributed by atoms with Crippen molar-refractivity contribution in [3.8, 4) is 0 Å². The molecule has 0 unspecified atom stereocenters. The number of nitrogens with zero attached hydrogens (tertiary/aromatic N) is 1. The number of unbranched alkanes of at least 4 members (excludes halogenated alkanes) is 2. The van der Waals surface area contributed by atoms with E-state index in [4.69, 9.17) is 28.0 Å². The van der Waals surface area contributed by atoms with Crippen molar-refractivity contribution in [1.82, 2.24) is 31.9 Å². The van der Waals surface area contributed by atoms with Crippen molar-refractivity contribution < 1.29 is 38.7 Å². The van der Waals surface area contributed by atoms with Gasteiger partial charge in [-0.1, -0.05) is 58.0 Å². The molecule has 58 heavy (non-hydrogen) atoms. The van der Waals surface area contributed by atoms with Gasteiger partial charge in [-0.25, -0.2) is 0 Å². The minimum absolute atomic E-state index is 0.0502. The molecular weight excluding hydrogens is 750 g/mol. The number of nitrogens with one attached hydrogen (secondary N) is 6. The van der Waals surface area contributed by atoms with Gasteiger partial charge < -0.3 is 59.9 Å². The van der Waals surface area contributed by atoms with Gasteiger partial charge >= 0.3 is 5.97 Å². The van der Waals surface area contributed by atoms with E-state index in [9.17, 15) is 33.6 Å². The van der Waals surface area contributed by atoms with Gasteiger partial charge in [-0.15, -0.1) is 0 Å². The summed E-state index contributed by atoms with van der Waals surface area (Å²) < 4.78 is 0. The third-order valence-corrected chi connectivity index (χ3v) is 8.93. The second kappa shape index (κ2) is 28.2. The predicted octanol–water partition coefficient (Wildman–Crippen LogP) is -1.13. The van der Waals surface area contributed by atoms with Crippen LogP contribution in [0.5, 0.6) is 0 Å². The van der Waals surface area contributed by atoms with Crippen LogP contribution in [0.15, 0.2) is 35.3 Å². The van der Waals surface area contributed by atoms with E-state index >= 15 is 0 Å². The molecule has 1 rings (SSSR count). The van der Waals surface area contributed by atoms with Gasteiger partial charge in [-0.3, -0.25) is 38.6 Å². The molecule has 0 saturated carbocycles. The van der Waals surface area contributed by atoms with Crippen LogP contribution in [-0.2, 0) is 40.0 Å². The average Bonchev–Trinajstić information content (AvgIpc) is 3.16. The molecule has 0 spiro atoms. The molecule has 0 aliphatic heterocycles. The van der Waals surface area contributed by atoms with Crippen molar-refractivity contribution in [2.75, 3.05) is 26.2 Å². The Morgan fingerprint density at radius 2 is 1.21 bits per heavy atom. The molecule has 0 fully saturated rings. The summed E-state index contributed by atoms with van der Waals surface area (Å²) in [6.45, 7) is 7.55. The quantitative estimate of drug-likeness (QED) is 0.0260. The summed E-state index contributed by atoms with van der Waals surface area (Å²) in [5.74, 6) is -5.03. The SMILES string of the molecule is CC(C)C[C@H](NC(=O)[C@H](CCCCN)NC(=O)[C@H](CCCN=C(N)N)NC(=O)[C@@H](N)CCCCNC(=O)C(C)C)C(=O)N[C@@H](Cc1ccccc1)C(=O)NCC(=O)O. The lowest BCUT2D eigenvalue weighted by Crippen LogP contribution is -2.59. The fourth-order valence-electron chi connectivity index (χ4n) is 5.71. The number of carbonyl (C=O) groups excluding carboxylic acids is 6. The molecule has 0 saturated heterocycles. The summed E-state index contributed by atoms with van der Waals surface area (Å²) in [6.07, 6.45) is 3.20. The van der Waals surface area contributed by atoms with Gasteiger partial charge in [0.25, 0.3) is 0 Å². The highest BCUT2D eigenvalue weighted by atomic mass is 16.4. The molecule has 0 aliphatic carbocycles. The second-order valence-electron chi connectivity index (χ2n) is 15.0. The number of hydrogen-bond acceptors (Lipinski definition) is 10. The first-order chi connectivity index (χ1) is 27.4. The number of rotatable bonds is 29. The van der Waals surface area contributed by atoms with E-state index in [1.807, 2.05) is 13.8 Å². The van der Waals surface area contributed by atoms with Crippen LogP contribution in [-0.4, -0.2) is 109 Å². The summed E-state index contributed by atoms with van der Waals surface area (Å²) in [6, 6.07) is 3.30. The lowest BCUT2D eigenvalue weighted by atomic mass is 10.00. The number of hydrogen-bond donors (Lipinski definition) is 11. The number of carboxylic acids is 1. The van der Waals surface area contributed by atoms with E-state index < -0.39 is 72.3 Å². The third-order valence-electron chi connectivity index (χ3n) is 8.93. The number of aliphatic imine (C=N–C) groups is 1. The molecule has 6 amide bonds. The minimum atomic E-state index is -1.26. The lowest BCUT2D eigenvalue weighted by Gasteiger charge is -2.27. The zero-order chi connectivity index (χ0) is 43.6. The number of carbonyl (C=O) groups is 7. The maximum atomic E-state index is 13.9. The molecule has 0 aromatic heterocycles. The van der Waals surface area contributed by atoms with Crippen LogP contribution in [0, 0.1) is 11.8 Å². The van der Waals surface area contributed by atoms with Gasteiger partial charge in [0.05, 0.1) is 6.04 Å². The van der Waals surface area contributed by atoms with Gasteiger partial charge in [-0.05, 0) is 75.8 Å². The molecule has 15 N–H and O–H groups in total. The molecule has 0 heterocycles. The van der Waals surface area contributed by atoms with Crippen LogP contribution in [0.3, 0.4) is 0 Å². The number of carboxylic acid groups (broad SMARTS) is 1. The van der Waals surface area contributed by atoms with Gasteiger partial charge in [0.1, 0.15) is 30.7 Å². The highest BCUT2D eigenvalue weighted by Crippen LogP contribution is 2.11. The topological polar surface area (TPSA) is 328 Å². The van der Waals surface area contributed by atoms with Crippen LogP contribution < -0.4 is 54.8 Å². The zero-order valence-corrected chi connectivity index (χ0v) is 34.4. The monoisotopic (exact) mass is 818 g/mol. The summed E-state index contributed by atoms with van der Waals surface area (Å²) in [4.78, 5) is 94.7. The fourth-order valence-corrected chi connectivity index (χ4v) is 5.71. The highest BCUT2D eigenvalue weighted by Gasteiger charge is 2.32. The van der Waals surface area contributed by atoms with Crippen LogP contribution in [0.1, 0.15) is 91.0 Å². The molecule has 0 aliphatic rings. The molecule has 0 radical (unpaired) electrons. The van der Waals surface area contributed by atoms with Crippen LogP contribution in [0.25, 0.3) is 0 Å². The second-order valence-corrected chi connectivity index (χ2v) is 15.0. The van der Waals surface area contributed by atoms with E-state index in [1.165, 1.54) is 0 Å². The van der Waals surface area contributed by atoms with Crippen molar-refractivity contribution in [3.05, 3.63) is 35.9 Å². The minimum Gasteiger partial charge on any atom is -0.480 e. The van der Waals surface area contributed by atoms with Gasteiger partial charge in [0.2, 0.25) is 35.4 Å². The van der Waals surface area contributed by atoms with Gasteiger partial charge in [0.15, 0.2) is 5.96 Å². The van der Waals surface area contributed by atoms with Gasteiger partial charge in [-0.2, -0.15) is 0 Å². The Bertz CT molecular complexity index is 1490. The van der Waals surface area contributed by atoms with Crippen molar-refractivity contribution in [2.24, 2.45) is 39.8 Å². The van der Waals surface area contributed by atoms with E-state index in [2.05, 4.69) is 36.9 Å². The molecule has 0 bridgehead atoms. The van der Waals surface area contributed by atoms with Crippen molar-refractivity contribution in [2.45, 2.75) is 122 Å². The first-order valence-corrected chi connectivity index (χ1v) is 20.0. The number of benzene rings is 1. The number of aliphatic carboxylic acids is 1. The fraction of sp³-hybridized carbons (Fsp3) is 0.641. The Morgan fingerprint density at radius 3 is 1.78 bits per heavy atom. The Hall–Kier alpha value is -5.30. The molecule has 1 aromatic rings. The van der Waals surface area contributed by atoms with Crippen molar-refractivity contribution in [1.29, 1.82) is 0 Å². The predicted molar refractivity (Wildman–Crippen MR) is 220 cm³/mol. The first kappa shape index (κ1) is 50.7. The third kappa shape index (κ3) is 21.9.